The Morgan fingerprint density at radius 2 is 1.84 bits per heavy atom. The summed E-state index contributed by atoms with van der Waals surface area (Å²) < 4.78 is 10.5. The van der Waals surface area contributed by atoms with Crippen molar-refractivity contribution >= 4 is 22.7 Å². The lowest BCUT2D eigenvalue weighted by Crippen LogP contribution is -2.02. The lowest BCUT2D eigenvalue weighted by Gasteiger charge is -2.13. The number of methoxy groups -OCH3 is 2. The van der Waals surface area contributed by atoms with E-state index in [2.05, 4.69) is 24.4 Å². The van der Waals surface area contributed by atoms with Crippen LogP contribution in [-0.2, 0) is 6.54 Å². The fraction of sp³-hybridized carbons (Fsp3) is 0.286. The summed E-state index contributed by atoms with van der Waals surface area (Å²) in [5.41, 5.74) is 7.49. The van der Waals surface area contributed by atoms with Gasteiger partial charge >= 0.3 is 0 Å². The predicted molar refractivity (Wildman–Crippen MR) is 80.3 cm³/mol. The summed E-state index contributed by atoms with van der Waals surface area (Å²) >= 11 is 1.77. The zero-order chi connectivity index (χ0) is 13.8. The molecule has 3 N–H and O–H groups in total. The van der Waals surface area contributed by atoms with Crippen molar-refractivity contribution < 1.29 is 9.47 Å². The molecule has 0 saturated heterocycles. The van der Waals surface area contributed by atoms with Crippen LogP contribution in [0.3, 0.4) is 0 Å². The summed E-state index contributed by atoms with van der Waals surface area (Å²) in [5.74, 6) is 1.30. The highest BCUT2D eigenvalue weighted by atomic mass is 32.1. The molecule has 0 radical (unpaired) electrons. The van der Waals surface area contributed by atoms with Crippen LogP contribution in [0.15, 0.2) is 24.3 Å². The highest BCUT2D eigenvalue weighted by Crippen LogP contribution is 2.35. The van der Waals surface area contributed by atoms with Gasteiger partial charge in [0.05, 0.1) is 25.6 Å². The Bertz CT molecular complexity index is 567. The Morgan fingerprint density at radius 1 is 1.16 bits per heavy atom. The lowest BCUT2D eigenvalue weighted by molar-refractivity contribution is 0.355. The Morgan fingerprint density at radius 3 is 2.42 bits per heavy atom. The van der Waals surface area contributed by atoms with Crippen LogP contribution in [0, 0.1) is 6.92 Å². The van der Waals surface area contributed by atoms with E-state index in [9.17, 15) is 0 Å². The van der Waals surface area contributed by atoms with Gasteiger partial charge in [0.1, 0.15) is 0 Å². The summed E-state index contributed by atoms with van der Waals surface area (Å²) in [5, 5.41) is 3.32. The first-order valence-corrected chi connectivity index (χ1v) is 6.76. The molecule has 0 unspecified atom stereocenters. The van der Waals surface area contributed by atoms with Gasteiger partial charge in [0, 0.05) is 28.4 Å². The zero-order valence-electron chi connectivity index (χ0n) is 11.3. The molecule has 19 heavy (non-hydrogen) atoms. The van der Waals surface area contributed by atoms with Crippen molar-refractivity contribution in [2.75, 3.05) is 25.3 Å². The van der Waals surface area contributed by atoms with Gasteiger partial charge in [-0.05, 0) is 19.1 Å². The van der Waals surface area contributed by atoms with Crippen molar-refractivity contribution in [3.8, 4) is 11.5 Å². The van der Waals surface area contributed by atoms with Gasteiger partial charge in [0.15, 0.2) is 11.5 Å². The maximum absolute atomic E-state index is 6.00. The summed E-state index contributed by atoms with van der Waals surface area (Å²) in [6, 6.07) is 7.85. The molecule has 1 heterocycles. The fourth-order valence-corrected chi connectivity index (χ4v) is 2.64. The van der Waals surface area contributed by atoms with E-state index in [0.717, 1.165) is 12.2 Å². The Balaban J connectivity index is 2.15. The van der Waals surface area contributed by atoms with E-state index in [1.807, 2.05) is 6.07 Å². The molecule has 2 aromatic rings. The number of thiophene rings is 1. The number of ether oxygens (including phenoxy) is 2. The number of benzene rings is 1. The number of aryl methyl sites for hydroxylation is 1. The zero-order valence-corrected chi connectivity index (χ0v) is 12.1. The third-order valence-corrected chi connectivity index (χ3v) is 3.81. The van der Waals surface area contributed by atoms with Crippen molar-refractivity contribution in [3.05, 3.63) is 34.0 Å². The summed E-state index contributed by atoms with van der Waals surface area (Å²) in [6.07, 6.45) is 0. The molecule has 0 aliphatic rings. The average Bonchev–Trinajstić information content (AvgIpc) is 2.82. The summed E-state index contributed by atoms with van der Waals surface area (Å²) in [7, 11) is 3.21. The fourth-order valence-electron chi connectivity index (χ4n) is 1.81. The molecule has 102 valence electrons. The molecule has 0 fully saturated rings. The van der Waals surface area contributed by atoms with Crippen LogP contribution in [-0.4, -0.2) is 14.2 Å². The Kier molecular flexibility index (Phi) is 4.16. The minimum atomic E-state index is 0.637. The lowest BCUT2D eigenvalue weighted by atomic mass is 10.2. The molecule has 0 spiro atoms. The normalized spacial score (nSPS) is 10.3. The molecule has 0 aliphatic heterocycles. The number of hydrogen-bond donors (Lipinski definition) is 2. The standard InChI is InChI=1S/C14H18N2O2S/c1-9-4-5-10(19-9)8-16-12-7-14(18-3)13(17-2)6-11(12)15/h4-7,16H,8,15H2,1-3H3. The van der Waals surface area contributed by atoms with E-state index >= 15 is 0 Å². The third kappa shape index (κ3) is 3.12. The van der Waals surface area contributed by atoms with Crippen molar-refractivity contribution in [2.24, 2.45) is 0 Å². The second-order valence-electron chi connectivity index (χ2n) is 4.16. The average molecular weight is 278 g/mol. The second kappa shape index (κ2) is 5.84. The molecule has 0 amide bonds. The second-order valence-corrected chi connectivity index (χ2v) is 5.53. The van der Waals surface area contributed by atoms with Crippen LogP contribution in [0.1, 0.15) is 9.75 Å². The van der Waals surface area contributed by atoms with Gasteiger partial charge in [0.2, 0.25) is 0 Å². The van der Waals surface area contributed by atoms with E-state index in [1.54, 1.807) is 31.6 Å². The monoisotopic (exact) mass is 278 g/mol. The third-order valence-electron chi connectivity index (χ3n) is 2.80. The molecule has 1 aromatic heterocycles. The van der Waals surface area contributed by atoms with Crippen LogP contribution in [0.2, 0.25) is 0 Å². The van der Waals surface area contributed by atoms with E-state index in [0.29, 0.717) is 17.2 Å². The molecule has 5 heteroatoms. The molecular weight excluding hydrogens is 260 g/mol. The van der Waals surface area contributed by atoms with Crippen LogP contribution < -0.4 is 20.5 Å². The van der Waals surface area contributed by atoms with Gasteiger partial charge in [-0.2, -0.15) is 0 Å². The van der Waals surface area contributed by atoms with Crippen molar-refractivity contribution in [2.45, 2.75) is 13.5 Å². The van der Waals surface area contributed by atoms with Crippen LogP contribution in [0.25, 0.3) is 0 Å². The number of anilines is 2. The highest BCUT2D eigenvalue weighted by Gasteiger charge is 2.09. The number of rotatable bonds is 5. The first-order valence-electron chi connectivity index (χ1n) is 5.94. The topological polar surface area (TPSA) is 56.5 Å². The predicted octanol–water partition coefficient (Wildman–Crippen LogP) is 3.27. The molecule has 2 rings (SSSR count). The van der Waals surface area contributed by atoms with E-state index in [4.69, 9.17) is 15.2 Å². The van der Waals surface area contributed by atoms with Crippen molar-refractivity contribution in [3.63, 3.8) is 0 Å². The largest absolute Gasteiger partial charge is 0.493 e. The van der Waals surface area contributed by atoms with Crippen LogP contribution >= 0.6 is 11.3 Å². The van der Waals surface area contributed by atoms with Gasteiger partial charge in [-0.25, -0.2) is 0 Å². The number of nitrogens with two attached hydrogens (primary N) is 1. The SMILES string of the molecule is COc1cc(N)c(NCc2ccc(C)s2)cc1OC. The van der Waals surface area contributed by atoms with E-state index in [-0.39, 0.29) is 0 Å². The molecule has 0 bridgehead atoms. The van der Waals surface area contributed by atoms with Gasteiger partial charge in [0.25, 0.3) is 0 Å². The highest BCUT2D eigenvalue weighted by molar-refractivity contribution is 7.11. The van der Waals surface area contributed by atoms with Gasteiger partial charge in [-0.3, -0.25) is 0 Å². The summed E-state index contributed by atoms with van der Waals surface area (Å²) in [4.78, 5) is 2.57. The molecule has 1 aromatic carbocycles. The maximum atomic E-state index is 6.00. The minimum Gasteiger partial charge on any atom is -0.493 e. The number of nitrogens with one attached hydrogen (secondary N) is 1. The molecule has 0 aliphatic carbocycles. The van der Waals surface area contributed by atoms with Crippen molar-refractivity contribution in [1.82, 2.24) is 0 Å². The summed E-state index contributed by atoms with van der Waals surface area (Å²) in [6.45, 7) is 2.84. The van der Waals surface area contributed by atoms with E-state index in [1.165, 1.54) is 9.75 Å². The first kappa shape index (κ1) is 13.5. The quantitative estimate of drug-likeness (QED) is 0.824. The molecule has 0 saturated carbocycles. The maximum Gasteiger partial charge on any atom is 0.162 e. The molecule has 0 atom stereocenters. The minimum absolute atomic E-state index is 0.637. The van der Waals surface area contributed by atoms with Crippen LogP contribution in [0.4, 0.5) is 11.4 Å². The van der Waals surface area contributed by atoms with E-state index < -0.39 is 0 Å². The first-order chi connectivity index (χ1) is 9.13. The smallest absolute Gasteiger partial charge is 0.162 e. The molecule has 4 nitrogen and oxygen atoms in total. The number of hydrogen-bond acceptors (Lipinski definition) is 5. The van der Waals surface area contributed by atoms with Crippen LogP contribution in [0.5, 0.6) is 11.5 Å². The Labute approximate surface area is 117 Å². The van der Waals surface area contributed by atoms with Crippen molar-refractivity contribution in [1.29, 1.82) is 0 Å². The van der Waals surface area contributed by atoms with Gasteiger partial charge in [-0.15, -0.1) is 11.3 Å². The Hall–Kier alpha value is -1.88. The van der Waals surface area contributed by atoms with Gasteiger partial charge < -0.3 is 20.5 Å². The van der Waals surface area contributed by atoms with Gasteiger partial charge in [-0.1, -0.05) is 0 Å². The molecular formula is C14H18N2O2S. The number of nitrogen functional groups attached to an aromatic ring is 1.